The molecule has 0 saturated carbocycles. The molecule has 0 heterocycles. The highest BCUT2D eigenvalue weighted by molar-refractivity contribution is 5.74. The Bertz CT molecular complexity index is 268. The van der Waals surface area contributed by atoms with Crippen LogP contribution in [-0.4, -0.2) is 61.8 Å². The van der Waals surface area contributed by atoms with Crippen LogP contribution in [0, 0.1) is 0 Å². The second-order valence-electron chi connectivity index (χ2n) is 2.69. The summed E-state index contributed by atoms with van der Waals surface area (Å²) in [5.41, 5.74) is 8.05. The molecular weight excluding hydrogens is 212 g/mol. The quantitative estimate of drug-likeness (QED) is 0.253. The van der Waals surface area contributed by atoms with Crippen molar-refractivity contribution in [3.8, 4) is 0 Å². The van der Waals surface area contributed by atoms with Crippen LogP contribution in [0.15, 0.2) is 0 Å². The Morgan fingerprint density at radius 3 is 1.73 bits per heavy atom. The number of aliphatic hydroxyl groups is 4. The zero-order chi connectivity index (χ0) is 12.2. The van der Waals surface area contributed by atoms with E-state index in [1.807, 2.05) is 0 Å². The number of carbonyl (C=O) groups excluding carboxylic acids is 1. The van der Waals surface area contributed by atoms with Gasteiger partial charge in [0, 0.05) is 0 Å². The lowest BCUT2D eigenvalue weighted by Crippen LogP contribution is -2.74. The van der Waals surface area contributed by atoms with Gasteiger partial charge in [0.2, 0.25) is 6.10 Å². The Hall–Kier alpha value is -1.42. The molecule has 4 atom stereocenters. The SMILES string of the molecule is [N-]=[NH+]C(=O)C(O)C(O)C(O)C(O)C(=O)O. The van der Waals surface area contributed by atoms with Gasteiger partial charge in [-0.1, -0.05) is 0 Å². The van der Waals surface area contributed by atoms with E-state index in [9.17, 15) is 9.59 Å². The number of rotatable bonds is 5. The maximum Gasteiger partial charge on any atom is 0.405 e. The summed E-state index contributed by atoms with van der Waals surface area (Å²) in [5, 5.41) is 44.8. The van der Waals surface area contributed by atoms with Crippen molar-refractivity contribution in [1.82, 2.24) is 0 Å². The Balaban J connectivity index is 4.56. The van der Waals surface area contributed by atoms with Gasteiger partial charge in [-0.3, -0.25) is 5.11 Å². The number of carboxylic acid groups (broad SMARTS) is 1. The molecule has 0 aliphatic rings. The molecule has 0 aliphatic heterocycles. The number of hydrogen-bond acceptors (Lipinski definition) is 6. The fourth-order valence-corrected chi connectivity index (χ4v) is 0.741. The van der Waals surface area contributed by atoms with E-state index < -0.39 is 36.3 Å². The number of nitrogens with zero attached hydrogens (tertiary/aromatic N) is 1. The molecule has 1 amide bonds. The van der Waals surface area contributed by atoms with E-state index in [1.54, 1.807) is 0 Å². The lowest BCUT2D eigenvalue weighted by atomic mass is 10.0. The average molecular weight is 222 g/mol. The highest BCUT2D eigenvalue weighted by Crippen LogP contribution is 2.04. The second-order valence-corrected chi connectivity index (χ2v) is 2.69. The van der Waals surface area contributed by atoms with E-state index in [4.69, 9.17) is 31.1 Å². The van der Waals surface area contributed by atoms with Gasteiger partial charge >= 0.3 is 11.9 Å². The summed E-state index contributed by atoms with van der Waals surface area (Å²) in [7, 11) is 0. The van der Waals surface area contributed by atoms with Gasteiger partial charge in [0.1, 0.15) is 12.2 Å². The Labute approximate surface area is 83.1 Å². The monoisotopic (exact) mass is 222 g/mol. The number of amides is 1. The molecule has 9 nitrogen and oxygen atoms in total. The zero-order valence-corrected chi connectivity index (χ0v) is 7.31. The second kappa shape index (κ2) is 5.46. The van der Waals surface area contributed by atoms with Crippen molar-refractivity contribution < 1.29 is 40.2 Å². The maximum absolute atomic E-state index is 10.5. The molecule has 0 aliphatic carbocycles. The van der Waals surface area contributed by atoms with Crippen LogP contribution in [0.2, 0.25) is 0 Å². The summed E-state index contributed by atoms with van der Waals surface area (Å²) in [6, 6.07) is 0. The minimum atomic E-state index is -2.36. The Morgan fingerprint density at radius 1 is 1.00 bits per heavy atom. The molecule has 0 bridgehead atoms. The van der Waals surface area contributed by atoms with Crippen LogP contribution in [-0.2, 0) is 9.59 Å². The molecule has 0 spiro atoms. The third kappa shape index (κ3) is 3.32. The van der Waals surface area contributed by atoms with Crippen molar-refractivity contribution in [2.24, 2.45) is 0 Å². The molecule has 0 rings (SSSR count). The van der Waals surface area contributed by atoms with Crippen LogP contribution < -0.4 is 5.11 Å². The Kier molecular flexibility index (Phi) is 4.94. The highest BCUT2D eigenvalue weighted by Gasteiger charge is 2.38. The summed E-state index contributed by atoms with van der Waals surface area (Å²) < 4.78 is 0. The predicted octanol–water partition coefficient (Wildman–Crippen LogP) is -4.86. The van der Waals surface area contributed by atoms with Crippen LogP contribution in [0.1, 0.15) is 0 Å². The first-order valence-electron chi connectivity index (χ1n) is 3.72. The molecule has 0 aromatic carbocycles. The third-order valence-electron chi connectivity index (χ3n) is 1.63. The van der Waals surface area contributed by atoms with Gasteiger partial charge in [0.15, 0.2) is 6.10 Å². The minimum absolute atomic E-state index is 0.980. The van der Waals surface area contributed by atoms with Gasteiger partial charge in [-0.2, -0.15) is 0 Å². The van der Waals surface area contributed by atoms with Crippen molar-refractivity contribution in [2.45, 2.75) is 24.4 Å². The fourth-order valence-electron chi connectivity index (χ4n) is 0.741. The lowest BCUT2D eigenvalue weighted by Gasteiger charge is -2.21. The standard InChI is InChI=1S/C6H10N2O7/c7-8-5(13)3(11)1(9)2(10)4(12)6(14)15/h1-4,8-12H,(H,14,15). The molecule has 0 saturated heterocycles. The van der Waals surface area contributed by atoms with E-state index in [1.165, 1.54) is 0 Å². The zero-order valence-electron chi connectivity index (χ0n) is 7.31. The van der Waals surface area contributed by atoms with Crippen molar-refractivity contribution in [3.05, 3.63) is 5.53 Å². The first kappa shape index (κ1) is 13.6. The smallest absolute Gasteiger partial charge is 0.405 e. The number of nitrogens with one attached hydrogen (secondary N) is 1. The van der Waals surface area contributed by atoms with Crippen LogP contribution in [0.5, 0.6) is 0 Å². The van der Waals surface area contributed by atoms with E-state index in [-0.39, 0.29) is 0 Å². The van der Waals surface area contributed by atoms with Crippen molar-refractivity contribution in [2.75, 3.05) is 0 Å². The number of carbonyl (C=O) groups is 2. The van der Waals surface area contributed by atoms with Crippen LogP contribution in [0.25, 0.3) is 5.53 Å². The van der Waals surface area contributed by atoms with Gasteiger partial charge in [0.25, 0.3) is 0 Å². The lowest BCUT2D eigenvalue weighted by molar-refractivity contribution is -0.408. The Morgan fingerprint density at radius 2 is 1.40 bits per heavy atom. The summed E-state index contributed by atoms with van der Waals surface area (Å²) >= 11 is 0. The number of aliphatic carboxylic acids is 1. The van der Waals surface area contributed by atoms with Gasteiger partial charge in [-0.05, 0) is 0 Å². The molecule has 0 aromatic rings. The topological polar surface area (TPSA) is 172 Å². The van der Waals surface area contributed by atoms with Crippen LogP contribution in [0.4, 0.5) is 0 Å². The van der Waals surface area contributed by atoms with E-state index in [0.717, 1.165) is 5.11 Å². The highest BCUT2D eigenvalue weighted by atomic mass is 16.4. The molecular formula is C6H10N2O7. The minimum Gasteiger partial charge on any atom is -0.499 e. The first-order chi connectivity index (χ1) is 6.82. The summed E-state index contributed by atoms with van der Waals surface area (Å²) in [4.78, 5) is 20.7. The van der Waals surface area contributed by atoms with E-state index in [2.05, 4.69) is 0 Å². The average Bonchev–Trinajstić information content (AvgIpc) is 2.23. The third-order valence-corrected chi connectivity index (χ3v) is 1.63. The normalized spacial score (nSPS) is 18.7. The van der Waals surface area contributed by atoms with Gasteiger partial charge in [0.05, 0.1) is 0 Å². The molecule has 9 heteroatoms. The molecule has 0 fully saturated rings. The predicted molar refractivity (Wildman–Crippen MR) is 41.0 cm³/mol. The molecule has 15 heavy (non-hydrogen) atoms. The fraction of sp³-hybridized carbons (Fsp3) is 0.667. The van der Waals surface area contributed by atoms with Gasteiger partial charge in [-0.25, -0.2) is 9.59 Å². The molecule has 0 aromatic heterocycles. The number of carboxylic acids is 1. The summed E-state index contributed by atoms with van der Waals surface area (Å²) in [5.74, 6) is -3.28. The van der Waals surface area contributed by atoms with Crippen molar-refractivity contribution in [3.63, 3.8) is 0 Å². The molecule has 4 unspecified atom stereocenters. The van der Waals surface area contributed by atoms with Crippen LogP contribution in [0.3, 0.4) is 0 Å². The largest absolute Gasteiger partial charge is 0.499 e. The van der Waals surface area contributed by atoms with E-state index in [0.29, 0.717) is 0 Å². The van der Waals surface area contributed by atoms with Crippen LogP contribution >= 0.6 is 0 Å². The van der Waals surface area contributed by atoms with Crippen molar-refractivity contribution >= 4 is 11.9 Å². The van der Waals surface area contributed by atoms with Gasteiger partial charge < -0.3 is 31.1 Å². The molecule has 6 N–H and O–H groups in total. The van der Waals surface area contributed by atoms with E-state index >= 15 is 0 Å². The maximum atomic E-state index is 10.5. The summed E-state index contributed by atoms with van der Waals surface area (Å²) in [6.45, 7) is 0. The summed E-state index contributed by atoms with van der Waals surface area (Å²) in [6.07, 6.45) is -9.14. The number of hydrogen-bond donors (Lipinski definition) is 6. The molecule has 0 radical (unpaired) electrons. The number of aliphatic hydroxyl groups excluding tert-OH is 4. The van der Waals surface area contributed by atoms with Crippen molar-refractivity contribution in [1.29, 1.82) is 0 Å². The first-order valence-corrected chi connectivity index (χ1v) is 3.72. The van der Waals surface area contributed by atoms with Gasteiger partial charge in [-0.15, -0.1) is 0 Å². The molecule has 86 valence electrons.